The summed E-state index contributed by atoms with van der Waals surface area (Å²) in [6, 6.07) is 8.35. The smallest absolute Gasteiger partial charge is 0.410 e. The van der Waals surface area contributed by atoms with Crippen LogP contribution in [0.3, 0.4) is 0 Å². The monoisotopic (exact) mass is 534 g/mol. The third kappa shape index (κ3) is 4.59. The van der Waals surface area contributed by atoms with E-state index in [1.54, 1.807) is 0 Å². The van der Waals surface area contributed by atoms with Gasteiger partial charge in [-0.05, 0) is 79.4 Å². The van der Waals surface area contributed by atoms with Crippen LogP contribution in [0, 0.1) is 12.8 Å². The van der Waals surface area contributed by atoms with Crippen LogP contribution in [0.2, 0.25) is 0 Å². The van der Waals surface area contributed by atoms with Gasteiger partial charge in [0, 0.05) is 60.8 Å². The van der Waals surface area contributed by atoms with Crippen molar-refractivity contribution in [2.75, 3.05) is 19.6 Å². The molecule has 2 aromatic rings. The van der Waals surface area contributed by atoms with Crippen molar-refractivity contribution in [2.45, 2.75) is 103 Å². The Morgan fingerprint density at radius 1 is 1.05 bits per heavy atom. The van der Waals surface area contributed by atoms with Crippen LogP contribution in [-0.2, 0) is 15.1 Å². The number of amides is 2. The second-order valence-corrected chi connectivity index (χ2v) is 13.5. The number of hydrogen-bond donors (Lipinski definition) is 0. The second kappa shape index (κ2) is 9.00. The molecule has 1 aromatic carbocycles. The number of carbonyl (C=O) groups is 2. The predicted molar refractivity (Wildman–Crippen MR) is 149 cm³/mol. The molecule has 8 heteroatoms. The van der Waals surface area contributed by atoms with E-state index in [4.69, 9.17) is 14.6 Å². The second-order valence-electron chi connectivity index (χ2n) is 13.5. The number of likely N-dealkylation sites (tertiary alicyclic amines) is 2. The summed E-state index contributed by atoms with van der Waals surface area (Å²) in [6.45, 7) is 14.2. The van der Waals surface area contributed by atoms with Gasteiger partial charge in [-0.15, -0.1) is 0 Å². The molecule has 0 N–H and O–H groups in total. The van der Waals surface area contributed by atoms with E-state index in [0.717, 1.165) is 61.2 Å². The topological polar surface area (TPSA) is 76.9 Å². The Morgan fingerprint density at radius 3 is 2.38 bits per heavy atom. The summed E-state index contributed by atoms with van der Waals surface area (Å²) in [6.07, 6.45) is 4.93. The van der Waals surface area contributed by atoms with E-state index in [9.17, 15) is 9.59 Å². The largest absolute Gasteiger partial charge is 0.482 e. The number of benzene rings is 1. The highest BCUT2D eigenvalue weighted by Gasteiger charge is 2.49. The zero-order valence-electron chi connectivity index (χ0n) is 24.2. The Balaban J connectivity index is 1.31. The van der Waals surface area contributed by atoms with Crippen molar-refractivity contribution in [3.05, 3.63) is 35.5 Å². The quantitative estimate of drug-likeness (QED) is 0.485. The minimum Gasteiger partial charge on any atom is -0.482 e. The first-order valence-electron chi connectivity index (χ1n) is 14.6. The van der Waals surface area contributed by atoms with Gasteiger partial charge in [-0.3, -0.25) is 9.48 Å². The maximum absolute atomic E-state index is 13.0. The molecule has 1 saturated carbocycles. The van der Waals surface area contributed by atoms with Crippen molar-refractivity contribution in [2.24, 2.45) is 5.92 Å². The van der Waals surface area contributed by atoms with E-state index in [1.165, 1.54) is 5.56 Å². The maximum Gasteiger partial charge on any atom is 0.410 e. The average molecular weight is 535 g/mol. The van der Waals surface area contributed by atoms with Crippen LogP contribution in [0.5, 0.6) is 5.75 Å². The molecule has 1 atom stereocenters. The highest BCUT2D eigenvalue weighted by atomic mass is 16.6. The van der Waals surface area contributed by atoms with Crippen LogP contribution in [0.15, 0.2) is 24.3 Å². The van der Waals surface area contributed by atoms with Gasteiger partial charge in [0.05, 0.1) is 6.04 Å². The summed E-state index contributed by atoms with van der Waals surface area (Å²) in [7, 11) is 0. The van der Waals surface area contributed by atoms with Crippen LogP contribution in [-0.4, -0.2) is 62.4 Å². The Bertz CT molecular complexity index is 1290. The van der Waals surface area contributed by atoms with Crippen molar-refractivity contribution in [3.8, 4) is 17.0 Å². The number of piperidine rings is 2. The van der Waals surface area contributed by atoms with Gasteiger partial charge in [0.2, 0.25) is 5.91 Å². The molecular formula is C31H42N4O4. The minimum absolute atomic E-state index is 0.157. The fourth-order valence-corrected chi connectivity index (χ4v) is 6.88. The van der Waals surface area contributed by atoms with E-state index >= 15 is 0 Å². The molecule has 210 valence electrons. The highest BCUT2D eigenvalue weighted by Crippen LogP contribution is 2.51. The Morgan fingerprint density at radius 2 is 1.74 bits per heavy atom. The molecule has 39 heavy (non-hydrogen) atoms. The zero-order valence-corrected chi connectivity index (χ0v) is 24.2. The standard InChI is InChI=1S/C31H42N4O4/c1-20-25-26(32-35(20)22-13-16-34(30(5,6)19-22)28(37)39-29(2,3)4)23-9-7-8-10-24(23)38-31(25)14-17-33(18-15-31)27(36)21-11-12-21/h7-10,21-22H,11-19H2,1-6H3/t22-/m1/s1. The van der Waals surface area contributed by atoms with Gasteiger partial charge < -0.3 is 19.3 Å². The molecule has 2 amide bonds. The van der Waals surface area contributed by atoms with Gasteiger partial charge >= 0.3 is 6.09 Å². The molecule has 8 nitrogen and oxygen atoms in total. The first kappa shape index (κ1) is 26.2. The third-order valence-corrected chi connectivity index (χ3v) is 8.97. The lowest BCUT2D eigenvalue weighted by molar-refractivity contribution is -0.136. The summed E-state index contributed by atoms with van der Waals surface area (Å²) in [5.41, 5.74) is 2.96. The normalized spacial score (nSPS) is 23.6. The molecule has 4 aliphatic rings. The maximum atomic E-state index is 13.0. The third-order valence-electron chi connectivity index (χ3n) is 8.97. The molecule has 4 heterocycles. The average Bonchev–Trinajstić information content (AvgIpc) is 3.65. The van der Waals surface area contributed by atoms with Gasteiger partial charge in [-0.1, -0.05) is 12.1 Å². The van der Waals surface area contributed by atoms with E-state index < -0.39 is 11.2 Å². The van der Waals surface area contributed by atoms with Crippen molar-refractivity contribution < 1.29 is 19.1 Å². The molecule has 1 aromatic heterocycles. The SMILES string of the molecule is Cc1c2c(nn1[C@@H]1CCN(C(=O)OC(C)(C)C)C(C)(C)C1)-c1ccccc1OC21CCN(C(=O)C2CC2)CC1. The summed E-state index contributed by atoms with van der Waals surface area (Å²) >= 11 is 0. The van der Waals surface area contributed by atoms with Gasteiger partial charge in [-0.25, -0.2) is 4.79 Å². The Hall–Kier alpha value is -3.03. The first-order chi connectivity index (χ1) is 18.4. The summed E-state index contributed by atoms with van der Waals surface area (Å²) in [5, 5.41) is 5.27. The number of nitrogens with zero attached hydrogens (tertiary/aromatic N) is 4. The van der Waals surface area contributed by atoms with E-state index in [2.05, 4.69) is 31.5 Å². The van der Waals surface area contributed by atoms with Crippen molar-refractivity contribution >= 4 is 12.0 Å². The van der Waals surface area contributed by atoms with Crippen LogP contribution in [0.1, 0.15) is 90.4 Å². The number of hydrogen-bond acceptors (Lipinski definition) is 5. The molecule has 1 aliphatic carbocycles. The fourth-order valence-electron chi connectivity index (χ4n) is 6.88. The lowest BCUT2D eigenvalue weighted by Gasteiger charge is -2.46. The van der Waals surface area contributed by atoms with E-state index in [0.29, 0.717) is 25.5 Å². The molecule has 2 saturated heterocycles. The van der Waals surface area contributed by atoms with Crippen molar-refractivity contribution in [1.29, 1.82) is 0 Å². The van der Waals surface area contributed by atoms with Crippen LogP contribution in [0.4, 0.5) is 4.79 Å². The Labute approximate surface area is 231 Å². The van der Waals surface area contributed by atoms with Gasteiger partial charge in [0.15, 0.2) is 0 Å². The van der Waals surface area contributed by atoms with Crippen LogP contribution in [0.25, 0.3) is 11.3 Å². The van der Waals surface area contributed by atoms with E-state index in [-0.39, 0.29) is 23.6 Å². The molecule has 0 radical (unpaired) electrons. The summed E-state index contributed by atoms with van der Waals surface area (Å²) in [5.74, 6) is 1.42. The van der Waals surface area contributed by atoms with Gasteiger partial charge in [0.25, 0.3) is 0 Å². The summed E-state index contributed by atoms with van der Waals surface area (Å²) < 4.78 is 14.8. The van der Waals surface area contributed by atoms with Gasteiger partial charge in [-0.2, -0.15) is 5.10 Å². The van der Waals surface area contributed by atoms with E-state index in [1.807, 2.05) is 48.8 Å². The van der Waals surface area contributed by atoms with Crippen molar-refractivity contribution in [3.63, 3.8) is 0 Å². The zero-order chi connectivity index (χ0) is 27.7. The predicted octanol–water partition coefficient (Wildman–Crippen LogP) is 5.83. The number of rotatable bonds is 2. The Kier molecular flexibility index (Phi) is 6.05. The lowest BCUT2D eigenvalue weighted by Crippen LogP contribution is -2.54. The van der Waals surface area contributed by atoms with Crippen molar-refractivity contribution in [1.82, 2.24) is 19.6 Å². The van der Waals surface area contributed by atoms with Crippen LogP contribution < -0.4 is 4.74 Å². The number of carbonyl (C=O) groups excluding carboxylic acids is 2. The molecule has 3 fully saturated rings. The number of ether oxygens (including phenoxy) is 2. The highest BCUT2D eigenvalue weighted by molar-refractivity contribution is 5.81. The molecule has 0 unspecified atom stereocenters. The molecular weight excluding hydrogens is 492 g/mol. The summed E-state index contributed by atoms with van der Waals surface area (Å²) in [4.78, 5) is 29.7. The number of aromatic nitrogens is 2. The number of para-hydroxylation sites is 1. The molecule has 3 aliphatic heterocycles. The fraction of sp³-hybridized carbons (Fsp3) is 0.645. The first-order valence-corrected chi connectivity index (χ1v) is 14.6. The minimum atomic E-state index is -0.526. The molecule has 0 bridgehead atoms. The lowest BCUT2D eigenvalue weighted by atomic mass is 9.79. The number of fused-ring (bicyclic) bond motifs is 4. The molecule has 6 rings (SSSR count). The molecule has 1 spiro atoms. The van der Waals surface area contributed by atoms with Gasteiger partial charge in [0.1, 0.15) is 22.6 Å². The van der Waals surface area contributed by atoms with Crippen LogP contribution >= 0.6 is 0 Å².